The first-order valence-corrected chi connectivity index (χ1v) is 47.0. The fourth-order valence-corrected chi connectivity index (χ4v) is 19.4. The second kappa shape index (κ2) is 49.1. The number of allylic oxidation sites excluding steroid dienone is 2. The maximum atomic E-state index is 14.9. The van der Waals surface area contributed by atoms with E-state index in [1.165, 1.54) is 67.1 Å². The first-order valence-electron chi connectivity index (χ1n) is 41.1. The minimum atomic E-state index is -4.36. The Morgan fingerprint density at radius 3 is 2.13 bits per heavy atom. The summed E-state index contributed by atoms with van der Waals surface area (Å²) in [5, 5.41) is 68.9. The molecular formula is C84H122IN7O30S4. The van der Waals surface area contributed by atoms with Crippen LogP contribution in [0, 0.1) is 57.8 Å². The Balaban J connectivity index is 1.16. The van der Waals surface area contributed by atoms with Crippen LogP contribution in [0.3, 0.4) is 0 Å². The van der Waals surface area contributed by atoms with E-state index in [4.69, 9.17) is 72.2 Å². The number of benzene rings is 2. The number of hydrogen-bond acceptors (Lipinski definition) is 34. The molecule has 2 aromatic rings. The number of aliphatic hydroxyl groups excluding tert-OH is 4. The average Bonchev–Trinajstić information content (AvgIpc) is 0.755. The van der Waals surface area contributed by atoms with Gasteiger partial charge in [0.05, 0.1) is 102 Å². The molecule has 23 atom stereocenters. The molecule has 0 aromatic heterocycles. The number of Topliss-reactive ketones (excluding diaryl/α,β-unsaturated/α-hetero) is 2. The lowest BCUT2D eigenvalue weighted by atomic mass is 9.64. The normalized spacial score (nSPS) is 28.7. The molecule has 4 aliphatic heterocycles. The molecular weight excluding hydrogens is 1840 g/mol. The third-order valence-electron chi connectivity index (χ3n) is 22.1. The number of ketones is 2. The summed E-state index contributed by atoms with van der Waals surface area (Å²) in [7, 11) is 4.67. The van der Waals surface area contributed by atoms with Crippen LogP contribution in [-0.2, 0) is 92.9 Å². The summed E-state index contributed by atoms with van der Waals surface area (Å²) in [6.45, 7) is 20.7. The Hall–Kier alpha value is -6.55. The van der Waals surface area contributed by atoms with E-state index < -0.39 is 214 Å². The molecule has 4 heterocycles. The first kappa shape index (κ1) is 106. The van der Waals surface area contributed by atoms with Crippen molar-refractivity contribution < 1.29 is 143 Å². The molecule has 13 N–H and O–H groups in total. The molecule has 42 heteroatoms. The largest absolute Gasteiger partial charge is 0.492 e. The number of ether oxygens (including phenoxy) is 13. The highest BCUT2D eigenvalue weighted by Gasteiger charge is 2.57. The molecule has 5 amide bonds. The van der Waals surface area contributed by atoms with E-state index in [1.54, 1.807) is 107 Å². The van der Waals surface area contributed by atoms with Gasteiger partial charge in [-0.2, -0.15) is 13.9 Å². The number of nitrogens with zero attached hydrogens (tertiary/aromatic N) is 1. The molecule has 5 aliphatic rings. The zero-order chi connectivity index (χ0) is 93.6. The zero-order valence-corrected chi connectivity index (χ0v) is 79.3. The van der Waals surface area contributed by atoms with Gasteiger partial charge in [-0.15, -0.1) is 5.92 Å². The number of carbonyl (C=O) groups excluding carboxylic acids is 8. The minimum absolute atomic E-state index is 0.0216. The number of alkyl carbamates (subject to hydrolysis) is 2. The monoisotopic (exact) mass is 1960 g/mol. The highest BCUT2D eigenvalue weighted by molar-refractivity contribution is 14.1. The Morgan fingerprint density at radius 1 is 0.841 bits per heavy atom. The van der Waals surface area contributed by atoms with Crippen molar-refractivity contribution in [2.75, 3.05) is 78.6 Å². The summed E-state index contributed by atoms with van der Waals surface area (Å²) >= 11 is 2.73. The standard InChI is InChI=1S/C84H122IN7O30S4/c1-19-21-22-23-24-25-56(63-51(84(105,43(5)6)37-55(95)67(63)90-82(104)113-18)30-32-123-125-83(12,13)38-58(96)87-31-33-126(106,107)108)119-80-74(120-60-36-57(109-14)52(41-114-60)92(20-2)59(97)39-88-81(103)115-40-49-26-28-50(29-27-49)89-77(101)44(7)34-53(93)65(86)42(3)4)69(99)66(46(9)117-80)91-122-61-35-54(94)76(48(11)116-61)124-78(102)62-45(8)64(85)72(75(112-17)71(62)110-15)121-79-70(100)73(111-16)68(98)47(10)118-79/h22-23,26-30,42-44,46-48,52,54,56-57,60-61,63,65-70,73-74,76,79-80,91,94,98-100,105H,20,31-41,86H2,1-18H3,(H,87,96)(H,88,103)(H,89,101)(H,90,104)(H,106,107,108)/b23-22-,51-30+/t44-,46?,47?,48?,52?,54?,56+,57?,60?,61?,63?,65+,66?,67?,68?,69?,70?,73?,74?,76?,79?,80?,84-/m1/s1. The summed E-state index contributed by atoms with van der Waals surface area (Å²) in [5.74, 6) is 5.77. The van der Waals surface area contributed by atoms with Crippen molar-refractivity contribution in [2.24, 2.45) is 29.4 Å². The molecule has 37 nitrogen and oxygen atoms in total. The number of nitrogens with two attached hydrogens (primary N) is 1. The first-order chi connectivity index (χ1) is 59.4. The zero-order valence-electron chi connectivity index (χ0n) is 73.9. The molecule has 2 aromatic carbocycles. The van der Waals surface area contributed by atoms with Crippen molar-refractivity contribution in [2.45, 2.75) is 261 Å². The SMILES string of the molecule is CC#C/C=C\C#C[C@H](OC1OC(C)C(NOC2CC(O)C(SC(=O)c3c(C)c(I)c(OC4OC(C)C(O)C(OC)C4O)c(OC)c3OC)C(C)O2)C(O)C1OC1CC(OC)C(N(CC)C(=O)CNC(=O)OCc2ccc(NC(=O)[C@H](C)CC(=O)[C@@H](N)C(C)C)cc2)CO1)C1/C(=C\CSSC(C)(C)CC(=O)NCCS(=O)(=O)O)[C@](O)(C(C)C)CC(=O)C1NC(=O)OC. The topological polar surface area (TPSA) is 511 Å². The number of carbonyl (C=O) groups is 8. The van der Waals surface area contributed by atoms with E-state index >= 15 is 0 Å². The summed E-state index contributed by atoms with van der Waals surface area (Å²) < 4.78 is 111. The predicted octanol–water partition coefficient (Wildman–Crippen LogP) is 5.17. The van der Waals surface area contributed by atoms with Crippen molar-refractivity contribution in [1.29, 1.82) is 0 Å². The van der Waals surface area contributed by atoms with Gasteiger partial charge < -0.3 is 119 Å². The number of hydrogen-bond donors (Lipinski definition) is 12. The van der Waals surface area contributed by atoms with Crippen LogP contribution in [0.5, 0.6) is 17.2 Å². The number of amides is 5. The maximum absolute atomic E-state index is 14.9. The van der Waals surface area contributed by atoms with Gasteiger partial charge in [-0.25, -0.2) is 9.59 Å². The summed E-state index contributed by atoms with van der Waals surface area (Å²) in [5.41, 5.74) is 8.51. The van der Waals surface area contributed by atoms with E-state index in [-0.39, 0.29) is 104 Å². The lowest BCUT2D eigenvalue weighted by Gasteiger charge is -2.49. The van der Waals surface area contributed by atoms with Gasteiger partial charge in [-0.05, 0) is 131 Å². The van der Waals surface area contributed by atoms with E-state index in [9.17, 15) is 76.9 Å². The van der Waals surface area contributed by atoms with E-state index in [1.807, 2.05) is 36.4 Å². The number of hydroxylamine groups is 1. The van der Waals surface area contributed by atoms with Gasteiger partial charge in [0.15, 0.2) is 41.9 Å². The third kappa shape index (κ3) is 28.7. The molecule has 1 aliphatic carbocycles. The van der Waals surface area contributed by atoms with Crippen LogP contribution in [0.15, 0.2) is 48.1 Å². The minimum Gasteiger partial charge on any atom is -0.492 e. The van der Waals surface area contributed by atoms with Crippen LogP contribution < -0.4 is 46.7 Å². The van der Waals surface area contributed by atoms with Crippen LogP contribution in [0.4, 0.5) is 15.3 Å². The number of likely N-dealkylation sites (N-methyl/N-ethyl adjacent to an activating group) is 1. The van der Waals surface area contributed by atoms with Gasteiger partial charge in [-0.3, -0.25) is 38.2 Å². The van der Waals surface area contributed by atoms with Crippen molar-refractivity contribution in [1.82, 2.24) is 26.3 Å². The van der Waals surface area contributed by atoms with Gasteiger partial charge in [0.1, 0.15) is 55.8 Å². The fraction of sp³-hybridized carbons (Fsp3) is 0.667. The van der Waals surface area contributed by atoms with Gasteiger partial charge in [0, 0.05) is 87.4 Å². The highest BCUT2D eigenvalue weighted by atomic mass is 127. The van der Waals surface area contributed by atoms with E-state index in [2.05, 4.69) is 50.4 Å². The summed E-state index contributed by atoms with van der Waals surface area (Å²) in [6.07, 6.45) is -18.0. The van der Waals surface area contributed by atoms with Crippen LogP contribution in [0.2, 0.25) is 0 Å². The lowest BCUT2D eigenvalue weighted by Crippen LogP contribution is -2.66. The van der Waals surface area contributed by atoms with Crippen LogP contribution in [0.25, 0.3) is 0 Å². The van der Waals surface area contributed by atoms with Crippen molar-refractivity contribution in [3.05, 3.63) is 68.3 Å². The van der Waals surface area contributed by atoms with Gasteiger partial charge >= 0.3 is 12.2 Å². The molecule has 704 valence electrons. The molecule has 19 unspecified atom stereocenters. The number of nitrogens with one attached hydrogen (secondary N) is 5. The molecule has 1 saturated carbocycles. The third-order valence-corrected chi connectivity index (χ3v) is 28.6. The Morgan fingerprint density at radius 2 is 1.52 bits per heavy atom. The Kier molecular flexibility index (Phi) is 41.5. The number of rotatable bonds is 39. The summed E-state index contributed by atoms with van der Waals surface area (Å²) in [4.78, 5) is 117. The molecule has 126 heavy (non-hydrogen) atoms. The predicted molar refractivity (Wildman–Crippen MR) is 474 cm³/mol. The highest BCUT2D eigenvalue weighted by Crippen LogP contribution is 2.50. The van der Waals surface area contributed by atoms with E-state index in [0.717, 1.165) is 18.9 Å². The van der Waals surface area contributed by atoms with Gasteiger partial charge in [-0.1, -0.05) is 104 Å². The van der Waals surface area contributed by atoms with Crippen molar-refractivity contribution in [3.63, 3.8) is 0 Å². The number of anilines is 1. The quantitative estimate of drug-likeness (QED) is 0.00781. The number of methoxy groups -OCH3 is 5. The molecule has 4 saturated heterocycles. The molecule has 7 rings (SSSR count). The lowest BCUT2D eigenvalue weighted by molar-refractivity contribution is -0.340. The Bertz CT molecular complexity index is 4370. The maximum Gasteiger partial charge on any atom is 0.407 e. The van der Waals surface area contributed by atoms with E-state index in [0.29, 0.717) is 20.4 Å². The summed E-state index contributed by atoms with van der Waals surface area (Å²) in [6, 6.07) is 2.12. The molecule has 0 bridgehead atoms. The molecule has 0 spiro atoms. The molecule has 5 fully saturated rings. The van der Waals surface area contributed by atoms with Crippen molar-refractivity contribution >= 4 is 118 Å². The smallest absolute Gasteiger partial charge is 0.407 e. The second-order valence-electron chi connectivity index (χ2n) is 32.2. The van der Waals surface area contributed by atoms with Crippen LogP contribution in [-0.4, -0.2) is 295 Å². The number of halogens is 1. The fourth-order valence-electron chi connectivity index (χ4n) is 14.9. The van der Waals surface area contributed by atoms with Gasteiger partial charge in [0.25, 0.3) is 10.1 Å². The molecule has 0 radical (unpaired) electrons. The van der Waals surface area contributed by atoms with Crippen molar-refractivity contribution in [3.8, 4) is 40.9 Å². The van der Waals surface area contributed by atoms with Crippen LogP contribution in [0.1, 0.15) is 137 Å². The number of aliphatic hydroxyl groups is 5. The van der Waals surface area contributed by atoms with Crippen LogP contribution >= 0.6 is 55.9 Å². The average molecular weight is 1970 g/mol. The number of thioether (sulfide) groups is 1. The van der Waals surface area contributed by atoms with Gasteiger partial charge in [0.2, 0.25) is 34.9 Å². The second-order valence-corrected chi connectivity index (χ2v) is 39.1. The Labute approximate surface area is 761 Å².